The molecule has 0 unspecified atom stereocenters. The normalized spacial score (nSPS) is 16.6. The molecular formula is C25H24N4O4S. The molecule has 3 heterocycles. The Morgan fingerprint density at radius 1 is 1.12 bits per heavy atom. The molecule has 0 saturated carbocycles. The lowest BCUT2D eigenvalue weighted by Gasteiger charge is -2.22. The van der Waals surface area contributed by atoms with E-state index >= 15 is 0 Å². The van der Waals surface area contributed by atoms with Crippen molar-refractivity contribution in [2.45, 2.75) is 30.5 Å². The molecule has 0 aliphatic carbocycles. The Morgan fingerprint density at radius 2 is 1.91 bits per heavy atom. The zero-order valence-electron chi connectivity index (χ0n) is 18.3. The summed E-state index contributed by atoms with van der Waals surface area (Å²) in [5.74, 6) is -0.338. The van der Waals surface area contributed by atoms with Crippen LogP contribution in [0.2, 0.25) is 0 Å². The Labute approximate surface area is 197 Å². The van der Waals surface area contributed by atoms with Gasteiger partial charge < -0.3 is 15.5 Å². The second kappa shape index (κ2) is 8.92. The molecule has 1 saturated heterocycles. The first-order valence-corrected chi connectivity index (χ1v) is 12.5. The molecule has 3 N–H and O–H groups in total. The smallest absolute Gasteiger partial charge is 0.277 e. The van der Waals surface area contributed by atoms with Crippen molar-refractivity contribution in [3.63, 3.8) is 0 Å². The van der Waals surface area contributed by atoms with Crippen molar-refractivity contribution < 1.29 is 17.6 Å². The molecule has 1 aliphatic heterocycles. The van der Waals surface area contributed by atoms with Crippen LogP contribution in [0.25, 0.3) is 22.2 Å². The number of fused-ring (bicyclic) bond motifs is 1. The topological polar surface area (TPSA) is 119 Å². The number of amides is 1. The van der Waals surface area contributed by atoms with E-state index in [0.29, 0.717) is 35.2 Å². The number of anilines is 1. The molecule has 2 aromatic heterocycles. The van der Waals surface area contributed by atoms with Crippen LogP contribution in [0.1, 0.15) is 18.4 Å². The van der Waals surface area contributed by atoms with E-state index < -0.39 is 16.1 Å². The van der Waals surface area contributed by atoms with Crippen molar-refractivity contribution in [2.75, 3.05) is 12.3 Å². The van der Waals surface area contributed by atoms with Crippen molar-refractivity contribution >= 4 is 32.6 Å². The van der Waals surface area contributed by atoms with E-state index in [9.17, 15) is 13.2 Å². The lowest BCUT2D eigenvalue weighted by atomic mass is 10.1. The summed E-state index contributed by atoms with van der Waals surface area (Å²) in [6, 6.07) is 18.9. The van der Waals surface area contributed by atoms with Crippen LogP contribution in [0.15, 0.2) is 82.4 Å². The molecule has 0 bridgehead atoms. The number of para-hydroxylation sites is 2. The Morgan fingerprint density at radius 3 is 2.74 bits per heavy atom. The molecule has 5 rings (SSSR count). The number of nitrogens with zero attached hydrogens (tertiary/aromatic N) is 2. The number of pyridine rings is 1. The first kappa shape index (κ1) is 22.1. The van der Waals surface area contributed by atoms with Gasteiger partial charge in [-0.25, -0.2) is 8.42 Å². The summed E-state index contributed by atoms with van der Waals surface area (Å²) < 4.78 is 33.3. The summed E-state index contributed by atoms with van der Waals surface area (Å²) in [5.41, 5.74) is 9.53. The zero-order valence-corrected chi connectivity index (χ0v) is 19.2. The van der Waals surface area contributed by atoms with Crippen molar-refractivity contribution in [3.8, 4) is 11.3 Å². The highest BCUT2D eigenvalue weighted by atomic mass is 32.2. The van der Waals surface area contributed by atoms with E-state index in [1.165, 1.54) is 10.4 Å². The zero-order chi connectivity index (χ0) is 23.7. The number of carbonyl (C=O) groups is 1. The lowest BCUT2D eigenvalue weighted by molar-refractivity contribution is -0.124. The summed E-state index contributed by atoms with van der Waals surface area (Å²) in [6.07, 6.45) is 2.72. The minimum Gasteiger partial charge on any atom is -0.443 e. The summed E-state index contributed by atoms with van der Waals surface area (Å²) in [5, 5.41) is 3.44. The van der Waals surface area contributed by atoms with E-state index in [4.69, 9.17) is 10.2 Å². The Kier molecular flexibility index (Phi) is 5.80. The second-order valence-corrected chi connectivity index (χ2v) is 10.1. The van der Waals surface area contributed by atoms with Crippen molar-refractivity contribution in [1.82, 2.24) is 14.6 Å². The van der Waals surface area contributed by atoms with Gasteiger partial charge in [-0.3, -0.25) is 9.78 Å². The fourth-order valence-corrected chi connectivity index (χ4v) is 5.87. The van der Waals surface area contributed by atoms with Crippen LogP contribution in [0.3, 0.4) is 0 Å². The third kappa shape index (κ3) is 4.15. The van der Waals surface area contributed by atoms with Gasteiger partial charge >= 0.3 is 0 Å². The molecular weight excluding hydrogens is 452 g/mol. The molecule has 34 heavy (non-hydrogen) atoms. The third-order valence-electron chi connectivity index (χ3n) is 6.00. The highest BCUT2D eigenvalue weighted by Crippen LogP contribution is 2.30. The predicted molar refractivity (Wildman–Crippen MR) is 129 cm³/mol. The number of sulfonamides is 1. The Hall–Kier alpha value is -3.69. The molecule has 0 spiro atoms. The van der Waals surface area contributed by atoms with Crippen LogP contribution in [0.5, 0.6) is 0 Å². The maximum absolute atomic E-state index is 13.3. The van der Waals surface area contributed by atoms with Gasteiger partial charge in [-0.2, -0.15) is 4.31 Å². The second-order valence-electron chi connectivity index (χ2n) is 8.23. The van der Waals surface area contributed by atoms with Crippen LogP contribution < -0.4 is 11.1 Å². The standard InChI is InChI=1S/C25H24N4O4S/c26-20-8-3-2-7-19(20)21-14-17(11-12-27-21)16-28-25(30)22-9-5-13-29(22)34(31,32)24-15-18-6-1-4-10-23(18)33-24/h1-4,6-8,10-12,14-15,22H,5,9,13,16,26H2,(H,28,30)/t22-/m0/s1. The number of nitrogens with two attached hydrogens (primary N) is 1. The van der Waals surface area contributed by atoms with Gasteiger partial charge in [0.2, 0.25) is 11.0 Å². The van der Waals surface area contributed by atoms with Gasteiger partial charge in [-0.15, -0.1) is 0 Å². The molecule has 4 aromatic rings. The predicted octanol–water partition coefficient (Wildman–Crippen LogP) is 3.55. The number of carbonyl (C=O) groups excluding carboxylic acids is 1. The first-order chi connectivity index (χ1) is 16.4. The molecule has 8 nitrogen and oxygen atoms in total. The van der Waals surface area contributed by atoms with Gasteiger partial charge in [0.15, 0.2) is 0 Å². The minimum absolute atomic E-state index is 0.146. The van der Waals surface area contributed by atoms with Crippen LogP contribution >= 0.6 is 0 Å². The molecule has 1 amide bonds. The molecule has 9 heteroatoms. The van der Waals surface area contributed by atoms with E-state index in [2.05, 4.69) is 10.3 Å². The molecule has 1 atom stereocenters. The largest absolute Gasteiger partial charge is 0.443 e. The van der Waals surface area contributed by atoms with Gasteiger partial charge in [-0.1, -0.05) is 36.4 Å². The Bertz CT molecular complexity index is 1430. The quantitative estimate of drug-likeness (QED) is 0.411. The van der Waals surface area contributed by atoms with Crippen LogP contribution in [-0.2, 0) is 21.4 Å². The summed E-state index contributed by atoms with van der Waals surface area (Å²) >= 11 is 0. The van der Waals surface area contributed by atoms with E-state index in [0.717, 1.165) is 11.1 Å². The number of benzene rings is 2. The number of hydrogen-bond donors (Lipinski definition) is 2. The number of nitrogens with one attached hydrogen (secondary N) is 1. The minimum atomic E-state index is -3.94. The first-order valence-electron chi connectivity index (χ1n) is 11.0. The van der Waals surface area contributed by atoms with Crippen molar-refractivity contribution in [1.29, 1.82) is 0 Å². The third-order valence-corrected chi connectivity index (χ3v) is 7.76. The van der Waals surface area contributed by atoms with Gasteiger partial charge in [0.25, 0.3) is 10.0 Å². The lowest BCUT2D eigenvalue weighted by Crippen LogP contribution is -2.45. The molecule has 1 aliphatic rings. The maximum Gasteiger partial charge on any atom is 0.277 e. The fraction of sp³-hybridized carbons (Fsp3) is 0.200. The molecule has 174 valence electrons. The number of rotatable bonds is 6. The fourth-order valence-electron chi connectivity index (χ4n) is 4.26. The maximum atomic E-state index is 13.3. The average Bonchev–Trinajstić information content (AvgIpc) is 3.51. The Balaban J connectivity index is 1.31. The van der Waals surface area contributed by atoms with Crippen LogP contribution in [0, 0.1) is 0 Å². The highest BCUT2D eigenvalue weighted by Gasteiger charge is 2.41. The monoisotopic (exact) mass is 476 g/mol. The van der Waals surface area contributed by atoms with E-state index in [1.807, 2.05) is 36.4 Å². The van der Waals surface area contributed by atoms with Gasteiger partial charge in [0.1, 0.15) is 11.6 Å². The highest BCUT2D eigenvalue weighted by molar-refractivity contribution is 7.89. The summed E-state index contributed by atoms with van der Waals surface area (Å²) in [4.78, 5) is 17.4. The number of hydrogen-bond acceptors (Lipinski definition) is 6. The van der Waals surface area contributed by atoms with Crippen LogP contribution in [0.4, 0.5) is 5.69 Å². The average molecular weight is 477 g/mol. The van der Waals surface area contributed by atoms with Gasteiger partial charge in [-0.05, 0) is 42.7 Å². The number of furan rings is 1. The molecule has 0 radical (unpaired) electrons. The molecule has 2 aromatic carbocycles. The molecule has 1 fully saturated rings. The van der Waals surface area contributed by atoms with E-state index in [-0.39, 0.29) is 24.1 Å². The summed E-state index contributed by atoms with van der Waals surface area (Å²) in [6.45, 7) is 0.514. The number of aromatic nitrogens is 1. The van der Waals surface area contributed by atoms with Crippen LogP contribution in [-0.4, -0.2) is 36.2 Å². The SMILES string of the molecule is Nc1ccccc1-c1cc(CNC(=O)[C@@H]2CCCN2S(=O)(=O)c2cc3ccccc3o2)ccn1. The van der Waals surface area contributed by atoms with Gasteiger partial charge in [0.05, 0.1) is 5.69 Å². The summed E-state index contributed by atoms with van der Waals surface area (Å²) in [7, 11) is -3.94. The van der Waals surface area contributed by atoms with Crippen molar-refractivity contribution in [2.24, 2.45) is 0 Å². The van der Waals surface area contributed by atoms with Gasteiger partial charge in [0, 0.05) is 42.0 Å². The van der Waals surface area contributed by atoms with Crippen molar-refractivity contribution in [3.05, 3.63) is 78.5 Å². The number of nitrogen functional groups attached to an aromatic ring is 1. The van der Waals surface area contributed by atoms with E-state index in [1.54, 1.807) is 30.5 Å².